The maximum atomic E-state index is 10.3. The Bertz CT molecular complexity index is 537. The molecule has 0 saturated heterocycles. The molecule has 1 atom stereocenters. The van der Waals surface area contributed by atoms with Crippen molar-refractivity contribution in [2.24, 2.45) is 0 Å². The topological polar surface area (TPSA) is 29.5 Å². The molecule has 0 amide bonds. The van der Waals surface area contributed by atoms with Gasteiger partial charge in [-0.15, -0.1) is 0 Å². The van der Waals surface area contributed by atoms with Crippen LogP contribution in [0.3, 0.4) is 0 Å². The number of aliphatic hydroxyl groups excluding tert-OH is 1. The van der Waals surface area contributed by atoms with Gasteiger partial charge in [-0.25, -0.2) is 0 Å². The van der Waals surface area contributed by atoms with Gasteiger partial charge in [-0.3, -0.25) is 0 Å². The number of hydrogen-bond donors (Lipinski definition) is 1. The van der Waals surface area contributed by atoms with Crippen molar-refractivity contribution in [3.63, 3.8) is 0 Å². The van der Waals surface area contributed by atoms with E-state index in [-0.39, 0.29) is 0 Å². The number of benzene rings is 2. The third-order valence-electron chi connectivity index (χ3n) is 3.06. The SMILES string of the molecule is CCCOc1cccc(C(O)Cc2ccc(Cl)cc2)c1. The van der Waals surface area contributed by atoms with E-state index in [0.717, 1.165) is 23.3 Å². The van der Waals surface area contributed by atoms with Crippen LogP contribution in [0.15, 0.2) is 48.5 Å². The van der Waals surface area contributed by atoms with E-state index in [1.807, 2.05) is 48.5 Å². The molecule has 0 aromatic heterocycles. The highest BCUT2D eigenvalue weighted by atomic mass is 35.5. The van der Waals surface area contributed by atoms with E-state index < -0.39 is 6.10 Å². The first-order valence-electron chi connectivity index (χ1n) is 6.84. The minimum Gasteiger partial charge on any atom is -0.494 e. The molecule has 0 aliphatic rings. The molecular weight excluding hydrogens is 272 g/mol. The molecule has 0 radical (unpaired) electrons. The summed E-state index contributed by atoms with van der Waals surface area (Å²) in [6.45, 7) is 2.76. The van der Waals surface area contributed by atoms with E-state index in [1.165, 1.54) is 0 Å². The van der Waals surface area contributed by atoms with Gasteiger partial charge in [0.1, 0.15) is 5.75 Å². The minimum atomic E-state index is -0.540. The molecular formula is C17H19ClO2. The summed E-state index contributed by atoms with van der Waals surface area (Å²) in [4.78, 5) is 0. The van der Waals surface area contributed by atoms with Crippen LogP contribution < -0.4 is 4.74 Å². The summed E-state index contributed by atoms with van der Waals surface area (Å²) in [5.74, 6) is 0.805. The molecule has 2 aromatic carbocycles. The summed E-state index contributed by atoms with van der Waals surface area (Å²) in [6, 6.07) is 15.2. The minimum absolute atomic E-state index is 0.540. The van der Waals surface area contributed by atoms with Gasteiger partial charge < -0.3 is 9.84 Å². The normalized spacial score (nSPS) is 12.2. The predicted octanol–water partition coefficient (Wildman–Crippen LogP) is 4.40. The van der Waals surface area contributed by atoms with Crippen molar-refractivity contribution in [2.45, 2.75) is 25.9 Å². The lowest BCUT2D eigenvalue weighted by Gasteiger charge is -2.13. The van der Waals surface area contributed by atoms with E-state index in [9.17, 15) is 5.11 Å². The van der Waals surface area contributed by atoms with Crippen LogP contribution in [0.4, 0.5) is 0 Å². The third kappa shape index (κ3) is 4.26. The number of halogens is 1. The monoisotopic (exact) mass is 290 g/mol. The summed E-state index contributed by atoms with van der Waals surface area (Å²) in [5.41, 5.74) is 1.93. The number of rotatable bonds is 6. The molecule has 1 unspecified atom stereocenters. The second-order valence-electron chi connectivity index (χ2n) is 4.77. The van der Waals surface area contributed by atoms with E-state index in [0.29, 0.717) is 18.1 Å². The van der Waals surface area contributed by atoms with Gasteiger partial charge in [0.15, 0.2) is 0 Å². The predicted molar refractivity (Wildman–Crippen MR) is 82.3 cm³/mol. The molecule has 20 heavy (non-hydrogen) atoms. The lowest BCUT2D eigenvalue weighted by atomic mass is 10.0. The second-order valence-corrected chi connectivity index (χ2v) is 5.20. The van der Waals surface area contributed by atoms with Crippen LogP contribution in [0.2, 0.25) is 5.02 Å². The quantitative estimate of drug-likeness (QED) is 0.854. The van der Waals surface area contributed by atoms with Gasteiger partial charge in [-0.05, 0) is 41.8 Å². The largest absolute Gasteiger partial charge is 0.494 e. The molecule has 0 fully saturated rings. The fourth-order valence-corrected chi connectivity index (χ4v) is 2.12. The van der Waals surface area contributed by atoms with Gasteiger partial charge in [0.2, 0.25) is 0 Å². The third-order valence-corrected chi connectivity index (χ3v) is 3.31. The van der Waals surface area contributed by atoms with Crippen LogP contribution in [-0.4, -0.2) is 11.7 Å². The van der Waals surface area contributed by atoms with Gasteiger partial charge in [0.25, 0.3) is 0 Å². The summed E-state index contributed by atoms with van der Waals surface area (Å²) in [6.07, 6.45) is 0.993. The van der Waals surface area contributed by atoms with Crippen LogP contribution in [0, 0.1) is 0 Å². The number of hydrogen-bond acceptors (Lipinski definition) is 2. The first-order valence-corrected chi connectivity index (χ1v) is 7.22. The van der Waals surface area contributed by atoms with Gasteiger partial charge in [-0.2, -0.15) is 0 Å². The van der Waals surface area contributed by atoms with Crippen molar-refractivity contribution in [3.8, 4) is 5.75 Å². The van der Waals surface area contributed by atoms with Gasteiger partial charge >= 0.3 is 0 Å². The van der Waals surface area contributed by atoms with E-state index >= 15 is 0 Å². The molecule has 0 bridgehead atoms. The fraction of sp³-hybridized carbons (Fsp3) is 0.294. The Balaban J connectivity index is 2.04. The van der Waals surface area contributed by atoms with Gasteiger partial charge in [0, 0.05) is 11.4 Å². The van der Waals surface area contributed by atoms with Crippen LogP contribution in [0.5, 0.6) is 5.75 Å². The van der Waals surface area contributed by atoms with E-state index in [2.05, 4.69) is 6.92 Å². The molecule has 2 aromatic rings. The second kappa shape index (κ2) is 7.32. The molecule has 0 aliphatic heterocycles. The average molecular weight is 291 g/mol. The van der Waals surface area contributed by atoms with Crippen molar-refractivity contribution >= 4 is 11.6 Å². The number of ether oxygens (including phenoxy) is 1. The first-order chi connectivity index (χ1) is 9.69. The zero-order valence-corrected chi connectivity index (χ0v) is 12.3. The van der Waals surface area contributed by atoms with Crippen molar-refractivity contribution in [3.05, 3.63) is 64.7 Å². The Morgan fingerprint density at radius 3 is 2.60 bits per heavy atom. The summed E-state index contributed by atoms with van der Waals surface area (Å²) < 4.78 is 5.58. The van der Waals surface area contributed by atoms with Crippen molar-refractivity contribution in [1.82, 2.24) is 0 Å². The van der Waals surface area contributed by atoms with Crippen molar-refractivity contribution in [2.75, 3.05) is 6.61 Å². The van der Waals surface area contributed by atoms with Crippen LogP contribution in [-0.2, 0) is 6.42 Å². The molecule has 0 heterocycles. The molecule has 0 saturated carbocycles. The first kappa shape index (κ1) is 14.9. The Morgan fingerprint density at radius 1 is 1.15 bits per heavy atom. The van der Waals surface area contributed by atoms with Crippen LogP contribution in [0.1, 0.15) is 30.6 Å². The highest BCUT2D eigenvalue weighted by molar-refractivity contribution is 6.30. The number of aliphatic hydroxyl groups is 1. The Morgan fingerprint density at radius 2 is 1.90 bits per heavy atom. The molecule has 2 nitrogen and oxygen atoms in total. The zero-order valence-electron chi connectivity index (χ0n) is 11.6. The highest BCUT2D eigenvalue weighted by Crippen LogP contribution is 2.23. The Labute approximate surface area is 125 Å². The maximum Gasteiger partial charge on any atom is 0.119 e. The van der Waals surface area contributed by atoms with Gasteiger partial charge in [0.05, 0.1) is 12.7 Å². The summed E-state index contributed by atoms with van der Waals surface area (Å²) in [7, 11) is 0. The van der Waals surface area contributed by atoms with Crippen molar-refractivity contribution < 1.29 is 9.84 Å². The standard InChI is InChI=1S/C17H19ClO2/c1-2-10-20-16-5-3-4-14(12-16)17(19)11-13-6-8-15(18)9-7-13/h3-9,12,17,19H,2,10-11H2,1H3. The smallest absolute Gasteiger partial charge is 0.119 e. The van der Waals surface area contributed by atoms with Gasteiger partial charge in [-0.1, -0.05) is 42.8 Å². The van der Waals surface area contributed by atoms with Crippen molar-refractivity contribution in [1.29, 1.82) is 0 Å². The Kier molecular flexibility index (Phi) is 5.45. The summed E-state index contributed by atoms with van der Waals surface area (Å²) >= 11 is 5.86. The highest BCUT2D eigenvalue weighted by Gasteiger charge is 2.09. The molecule has 3 heteroatoms. The lowest BCUT2D eigenvalue weighted by molar-refractivity contribution is 0.178. The van der Waals surface area contributed by atoms with E-state index in [4.69, 9.17) is 16.3 Å². The van der Waals surface area contributed by atoms with Crippen LogP contribution in [0.25, 0.3) is 0 Å². The molecule has 0 aliphatic carbocycles. The zero-order chi connectivity index (χ0) is 14.4. The average Bonchev–Trinajstić information content (AvgIpc) is 2.48. The molecule has 106 valence electrons. The molecule has 0 spiro atoms. The molecule has 1 N–H and O–H groups in total. The summed E-state index contributed by atoms with van der Waals surface area (Å²) in [5, 5.41) is 11.0. The fourth-order valence-electron chi connectivity index (χ4n) is 1.99. The Hall–Kier alpha value is -1.51. The van der Waals surface area contributed by atoms with E-state index in [1.54, 1.807) is 0 Å². The maximum absolute atomic E-state index is 10.3. The van der Waals surface area contributed by atoms with Crippen LogP contribution >= 0.6 is 11.6 Å². The molecule has 2 rings (SSSR count). The lowest BCUT2D eigenvalue weighted by Crippen LogP contribution is -2.03.